The number of alkyl halides is 1. The average molecular weight is 501 g/mol. The molecule has 3 aliphatic rings. The van der Waals surface area contributed by atoms with Gasteiger partial charge in [0.1, 0.15) is 12.3 Å². The molecule has 4 heterocycles. The summed E-state index contributed by atoms with van der Waals surface area (Å²) in [4.78, 5) is 9.19. The largest absolute Gasteiger partial charge is 0.377 e. The first kappa shape index (κ1) is 23.1. The van der Waals surface area contributed by atoms with Crippen LogP contribution in [0.2, 0.25) is 5.15 Å². The minimum absolute atomic E-state index is 0.144. The zero-order valence-corrected chi connectivity index (χ0v) is 20.7. The molecule has 8 nitrogen and oxygen atoms in total. The van der Waals surface area contributed by atoms with Crippen LogP contribution in [-0.2, 0) is 9.47 Å². The van der Waals surface area contributed by atoms with Gasteiger partial charge < -0.3 is 20.1 Å². The Balaban J connectivity index is 1.28. The maximum Gasteiger partial charge on any atom is 0.227 e. The van der Waals surface area contributed by atoms with Crippen LogP contribution in [0.5, 0.6) is 0 Å². The van der Waals surface area contributed by atoms with Crippen LogP contribution in [-0.4, -0.2) is 64.4 Å². The van der Waals surface area contributed by atoms with Crippen molar-refractivity contribution in [2.45, 2.75) is 62.4 Å². The highest BCUT2D eigenvalue weighted by Gasteiger charge is 2.48. The van der Waals surface area contributed by atoms with Gasteiger partial charge in [0.2, 0.25) is 5.95 Å². The van der Waals surface area contributed by atoms with E-state index in [0.29, 0.717) is 55.4 Å². The molecule has 2 aromatic heterocycles. The number of anilines is 2. The van der Waals surface area contributed by atoms with Crippen molar-refractivity contribution in [3.63, 3.8) is 0 Å². The Morgan fingerprint density at radius 1 is 1.29 bits per heavy atom. The highest BCUT2D eigenvalue weighted by Crippen LogP contribution is 2.40. The summed E-state index contributed by atoms with van der Waals surface area (Å²) in [6.45, 7) is 3.69. The Morgan fingerprint density at radius 2 is 2.14 bits per heavy atom. The molecule has 6 rings (SSSR count). The standard InChI is InChI=1S/C25H30ClFN6O2/c1-14-7-15-10-28-24(32-21-11-30-33(23(21)26)16-3-4-16)31-20(15)8-18(14)17-5-6-29-25(9-19(17)27)13-35-12-22(25)34-2/h7-8,10-11,16-17,19,22,29H,3-6,9,12-13H2,1-2H3,(H,28,31,32). The average Bonchev–Trinajstić information content (AvgIpc) is 3.55. The molecule has 1 spiro atoms. The number of rotatable bonds is 5. The summed E-state index contributed by atoms with van der Waals surface area (Å²) in [5.41, 5.74) is 3.01. The highest BCUT2D eigenvalue weighted by molar-refractivity contribution is 6.32. The number of fused-ring (bicyclic) bond motifs is 1. The minimum atomic E-state index is -1.02. The Bertz CT molecular complexity index is 1250. The molecule has 35 heavy (non-hydrogen) atoms. The van der Waals surface area contributed by atoms with Crippen LogP contribution in [0.3, 0.4) is 0 Å². The van der Waals surface area contributed by atoms with Crippen molar-refractivity contribution in [2.75, 3.05) is 32.2 Å². The zero-order chi connectivity index (χ0) is 24.2. The van der Waals surface area contributed by atoms with Crippen LogP contribution < -0.4 is 10.6 Å². The molecule has 0 radical (unpaired) electrons. The lowest BCUT2D eigenvalue weighted by molar-refractivity contribution is 0.0353. The van der Waals surface area contributed by atoms with E-state index in [1.165, 1.54) is 0 Å². The molecule has 4 atom stereocenters. The molecule has 1 aliphatic carbocycles. The molecule has 186 valence electrons. The number of hydrogen-bond donors (Lipinski definition) is 2. The summed E-state index contributed by atoms with van der Waals surface area (Å²) >= 11 is 6.50. The van der Waals surface area contributed by atoms with E-state index in [9.17, 15) is 0 Å². The zero-order valence-electron chi connectivity index (χ0n) is 19.9. The Kier molecular flexibility index (Phi) is 5.91. The minimum Gasteiger partial charge on any atom is -0.377 e. The second kappa shape index (κ2) is 8.96. The van der Waals surface area contributed by atoms with Crippen LogP contribution >= 0.6 is 11.6 Å². The van der Waals surface area contributed by atoms with Crippen molar-refractivity contribution >= 4 is 34.1 Å². The van der Waals surface area contributed by atoms with Gasteiger partial charge in [-0.25, -0.2) is 19.0 Å². The van der Waals surface area contributed by atoms with E-state index in [4.69, 9.17) is 26.1 Å². The summed E-state index contributed by atoms with van der Waals surface area (Å²) in [6, 6.07) is 4.45. The summed E-state index contributed by atoms with van der Waals surface area (Å²) in [5, 5.41) is 12.6. The van der Waals surface area contributed by atoms with Crippen LogP contribution in [0.15, 0.2) is 24.5 Å². The molecule has 1 aromatic carbocycles. The fourth-order valence-corrected chi connectivity index (χ4v) is 5.89. The first-order chi connectivity index (χ1) is 17.0. The lowest BCUT2D eigenvalue weighted by atomic mass is 9.82. The van der Waals surface area contributed by atoms with E-state index < -0.39 is 11.7 Å². The predicted molar refractivity (Wildman–Crippen MR) is 132 cm³/mol. The summed E-state index contributed by atoms with van der Waals surface area (Å²) < 4.78 is 29.0. The summed E-state index contributed by atoms with van der Waals surface area (Å²) in [6.07, 6.45) is 5.57. The quantitative estimate of drug-likeness (QED) is 0.535. The molecule has 1 saturated carbocycles. The fourth-order valence-electron chi connectivity index (χ4n) is 5.61. The topological polar surface area (TPSA) is 86.1 Å². The molecule has 3 fully saturated rings. The van der Waals surface area contributed by atoms with E-state index in [-0.39, 0.29) is 12.0 Å². The maximum absolute atomic E-state index is 15.8. The smallest absolute Gasteiger partial charge is 0.227 e. The maximum atomic E-state index is 15.8. The monoisotopic (exact) mass is 500 g/mol. The van der Waals surface area contributed by atoms with Gasteiger partial charge in [-0.3, -0.25) is 0 Å². The first-order valence-corrected chi connectivity index (χ1v) is 12.6. The molecule has 0 bridgehead atoms. The van der Waals surface area contributed by atoms with Gasteiger partial charge in [-0.15, -0.1) is 0 Å². The van der Waals surface area contributed by atoms with Gasteiger partial charge in [0.05, 0.1) is 42.2 Å². The lowest BCUT2D eigenvalue weighted by Gasteiger charge is -2.33. The second-order valence-corrected chi connectivity index (χ2v) is 10.4. The Morgan fingerprint density at radius 3 is 2.94 bits per heavy atom. The highest BCUT2D eigenvalue weighted by atomic mass is 35.5. The van der Waals surface area contributed by atoms with E-state index in [2.05, 4.69) is 20.7 Å². The van der Waals surface area contributed by atoms with Gasteiger partial charge in [-0.2, -0.15) is 5.10 Å². The SMILES string of the molecule is COC1COCC12CC(F)C(c1cc3nc(Nc4cnn(C5CC5)c4Cl)ncc3cc1C)CCN2. The van der Waals surface area contributed by atoms with Gasteiger partial charge in [0.25, 0.3) is 0 Å². The molecule has 10 heteroatoms. The molecule has 3 aromatic rings. The van der Waals surface area contributed by atoms with Crippen molar-refractivity contribution in [1.82, 2.24) is 25.1 Å². The molecule has 0 amide bonds. The number of hydrogen-bond acceptors (Lipinski definition) is 7. The third-order valence-corrected chi connectivity index (χ3v) is 8.08. The summed E-state index contributed by atoms with van der Waals surface area (Å²) in [5.74, 6) is 0.204. The van der Waals surface area contributed by atoms with E-state index in [0.717, 1.165) is 34.9 Å². The van der Waals surface area contributed by atoms with Gasteiger partial charge >= 0.3 is 0 Å². The number of ether oxygens (including phenoxy) is 2. The molecule has 4 unspecified atom stereocenters. The van der Waals surface area contributed by atoms with Gasteiger partial charge in [-0.05, 0) is 56.0 Å². The van der Waals surface area contributed by atoms with Gasteiger partial charge in [0, 0.05) is 31.0 Å². The number of benzene rings is 1. The first-order valence-electron chi connectivity index (χ1n) is 12.2. The molecular weight excluding hydrogens is 471 g/mol. The van der Waals surface area contributed by atoms with Gasteiger partial charge in [0.15, 0.2) is 5.15 Å². The van der Waals surface area contributed by atoms with Crippen molar-refractivity contribution < 1.29 is 13.9 Å². The normalized spacial score (nSPS) is 29.1. The molecule has 2 saturated heterocycles. The van der Waals surface area contributed by atoms with Crippen LogP contribution in [0.1, 0.15) is 48.8 Å². The van der Waals surface area contributed by atoms with E-state index >= 15 is 4.39 Å². The van der Waals surface area contributed by atoms with Crippen LogP contribution in [0.4, 0.5) is 16.0 Å². The predicted octanol–water partition coefficient (Wildman–Crippen LogP) is 4.46. The number of nitrogens with zero attached hydrogens (tertiary/aromatic N) is 4. The number of methoxy groups -OCH3 is 1. The third kappa shape index (κ3) is 4.18. The van der Waals surface area contributed by atoms with Crippen molar-refractivity contribution in [1.29, 1.82) is 0 Å². The fraction of sp³-hybridized carbons (Fsp3) is 0.560. The van der Waals surface area contributed by atoms with E-state index in [1.807, 2.05) is 23.7 Å². The van der Waals surface area contributed by atoms with E-state index in [1.54, 1.807) is 19.5 Å². The third-order valence-electron chi connectivity index (χ3n) is 7.70. The number of halogens is 2. The lowest BCUT2D eigenvalue weighted by Crippen LogP contribution is -2.55. The number of aryl methyl sites for hydroxylation is 1. The number of aromatic nitrogens is 4. The van der Waals surface area contributed by atoms with Gasteiger partial charge in [-0.1, -0.05) is 11.6 Å². The Labute approximate surface area is 208 Å². The van der Waals surface area contributed by atoms with Crippen LogP contribution in [0.25, 0.3) is 10.9 Å². The second-order valence-electron chi connectivity index (χ2n) is 10.0. The molecular formula is C25H30ClFN6O2. The summed E-state index contributed by atoms with van der Waals surface area (Å²) in [7, 11) is 1.67. The molecule has 2 aliphatic heterocycles. The molecule has 2 N–H and O–H groups in total. The number of nitrogens with one attached hydrogen (secondary N) is 2. The van der Waals surface area contributed by atoms with Crippen molar-refractivity contribution in [3.05, 3.63) is 40.8 Å². The van der Waals surface area contributed by atoms with Crippen LogP contribution in [0, 0.1) is 6.92 Å². The van der Waals surface area contributed by atoms with Crippen molar-refractivity contribution in [3.8, 4) is 0 Å². The van der Waals surface area contributed by atoms with Crippen molar-refractivity contribution in [2.24, 2.45) is 0 Å². The Hall–Kier alpha value is -2.33.